The molecule has 160 valence electrons. The van der Waals surface area contributed by atoms with Crippen LogP contribution in [0.3, 0.4) is 0 Å². The number of thioether (sulfide) groups is 1. The smallest absolute Gasteiger partial charge is 0.259 e. The van der Waals surface area contributed by atoms with Crippen LogP contribution in [0.25, 0.3) is 27.3 Å². The first-order chi connectivity index (χ1) is 15.5. The van der Waals surface area contributed by atoms with E-state index < -0.39 is 0 Å². The first-order valence-electron chi connectivity index (χ1n) is 10.3. The maximum absolute atomic E-state index is 12.7. The summed E-state index contributed by atoms with van der Waals surface area (Å²) in [5.41, 5.74) is 2.88. The Balaban J connectivity index is 1.57. The minimum Gasteiger partial charge on any atom is -0.309 e. The zero-order valence-electron chi connectivity index (χ0n) is 17.9. The summed E-state index contributed by atoms with van der Waals surface area (Å²) in [6, 6.07) is 20.1. The van der Waals surface area contributed by atoms with Gasteiger partial charge in [-0.05, 0) is 38.5 Å². The van der Waals surface area contributed by atoms with Crippen LogP contribution in [-0.2, 0) is 0 Å². The van der Waals surface area contributed by atoms with Crippen molar-refractivity contribution in [2.24, 2.45) is 0 Å². The average Bonchev–Trinajstić information content (AvgIpc) is 3.35. The highest BCUT2D eigenvalue weighted by atomic mass is 32.2. The first kappa shape index (κ1) is 20.7. The highest BCUT2D eigenvalue weighted by Gasteiger charge is 2.21. The standard InChI is InChI=1S/C24H21N5OS2/c1-14-15(2)31-23-19(14)22(30)25-20(26-23)16(3)32-24-28-27-21(17-10-6-4-7-11-17)29(24)18-12-8-5-9-13-18/h4-13,16H,1-3H3,(H,25,26,30). The molecule has 3 heterocycles. The van der Waals surface area contributed by atoms with Crippen LogP contribution in [0.15, 0.2) is 70.6 Å². The van der Waals surface area contributed by atoms with Crippen LogP contribution in [-0.4, -0.2) is 24.7 Å². The Labute approximate surface area is 193 Å². The molecule has 5 aromatic rings. The SMILES string of the molecule is Cc1sc2nc(C(C)Sc3nnc(-c4ccccc4)n3-c3ccccc3)[nH]c(=O)c2c1C. The second kappa shape index (κ2) is 8.37. The van der Waals surface area contributed by atoms with Crippen LogP contribution >= 0.6 is 23.1 Å². The largest absolute Gasteiger partial charge is 0.309 e. The molecule has 0 saturated heterocycles. The van der Waals surface area contributed by atoms with Crippen molar-refractivity contribution < 1.29 is 0 Å². The summed E-state index contributed by atoms with van der Waals surface area (Å²) in [6.07, 6.45) is 0. The second-order valence-electron chi connectivity index (χ2n) is 7.52. The molecule has 6 nitrogen and oxygen atoms in total. The van der Waals surface area contributed by atoms with Gasteiger partial charge in [0.05, 0.1) is 10.6 Å². The van der Waals surface area contributed by atoms with E-state index in [1.165, 1.54) is 11.8 Å². The van der Waals surface area contributed by atoms with Gasteiger partial charge in [0.2, 0.25) is 0 Å². The normalized spacial score (nSPS) is 12.3. The highest BCUT2D eigenvalue weighted by molar-refractivity contribution is 7.99. The van der Waals surface area contributed by atoms with Gasteiger partial charge in [0.15, 0.2) is 11.0 Å². The Hall–Kier alpha value is -3.23. The lowest BCUT2D eigenvalue weighted by molar-refractivity contribution is 0.863. The number of benzene rings is 2. The molecule has 0 aliphatic carbocycles. The number of aromatic nitrogens is 5. The summed E-state index contributed by atoms with van der Waals surface area (Å²) < 4.78 is 2.05. The Morgan fingerprint density at radius 2 is 1.69 bits per heavy atom. The van der Waals surface area contributed by atoms with Crippen molar-refractivity contribution >= 4 is 33.3 Å². The van der Waals surface area contributed by atoms with Crippen LogP contribution in [0, 0.1) is 13.8 Å². The van der Waals surface area contributed by atoms with Gasteiger partial charge in [-0.2, -0.15) is 0 Å². The van der Waals surface area contributed by atoms with E-state index in [-0.39, 0.29) is 10.8 Å². The fourth-order valence-corrected chi connectivity index (χ4v) is 5.57. The molecule has 0 radical (unpaired) electrons. The molecule has 0 aliphatic rings. The van der Waals surface area contributed by atoms with Crippen LogP contribution in [0.2, 0.25) is 0 Å². The number of fused-ring (bicyclic) bond motifs is 1. The van der Waals surface area contributed by atoms with Crippen molar-refractivity contribution in [1.29, 1.82) is 0 Å². The van der Waals surface area contributed by atoms with E-state index in [0.29, 0.717) is 11.2 Å². The maximum atomic E-state index is 12.7. The molecule has 5 rings (SSSR count). The van der Waals surface area contributed by atoms with E-state index in [1.54, 1.807) is 11.3 Å². The number of nitrogens with zero attached hydrogens (tertiary/aromatic N) is 4. The van der Waals surface area contributed by atoms with Gasteiger partial charge in [-0.3, -0.25) is 9.36 Å². The Bertz CT molecular complexity index is 1450. The van der Waals surface area contributed by atoms with Gasteiger partial charge >= 0.3 is 0 Å². The van der Waals surface area contributed by atoms with Crippen LogP contribution in [0.1, 0.15) is 28.4 Å². The number of thiophene rings is 1. The monoisotopic (exact) mass is 459 g/mol. The number of aromatic amines is 1. The lowest BCUT2D eigenvalue weighted by Gasteiger charge is -2.13. The predicted molar refractivity (Wildman–Crippen MR) is 131 cm³/mol. The highest BCUT2D eigenvalue weighted by Crippen LogP contribution is 2.36. The fraction of sp³-hybridized carbons (Fsp3) is 0.167. The van der Waals surface area contributed by atoms with E-state index >= 15 is 0 Å². The molecule has 0 fully saturated rings. The summed E-state index contributed by atoms with van der Waals surface area (Å²) in [5, 5.41) is 10.3. The molecule has 8 heteroatoms. The molecule has 0 amide bonds. The second-order valence-corrected chi connectivity index (χ2v) is 10.0. The van der Waals surface area contributed by atoms with Gasteiger partial charge < -0.3 is 4.98 Å². The molecule has 2 aromatic carbocycles. The summed E-state index contributed by atoms with van der Waals surface area (Å²) in [4.78, 5) is 22.4. The number of para-hydroxylation sites is 1. The lowest BCUT2D eigenvalue weighted by atomic mass is 10.2. The molecule has 1 N–H and O–H groups in total. The fourth-order valence-electron chi connectivity index (χ4n) is 3.61. The third-order valence-corrected chi connectivity index (χ3v) is 7.56. The molecule has 3 aromatic heterocycles. The molecule has 1 unspecified atom stereocenters. The molecule has 32 heavy (non-hydrogen) atoms. The van der Waals surface area contributed by atoms with E-state index in [0.717, 1.165) is 37.5 Å². The van der Waals surface area contributed by atoms with E-state index in [4.69, 9.17) is 4.98 Å². The molecule has 0 bridgehead atoms. The lowest BCUT2D eigenvalue weighted by Crippen LogP contribution is -2.12. The molecule has 0 saturated carbocycles. The third kappa shape index (κ3) is 3.65. The van der Waals surface area contributed by atoms with E-state index in [1.807, 2.05) is 86.0 Å². The molecule has 1 atom stereocenters. The number of H-pyrrole nitrogens is 1. The van der Waals surface area contributed by atoms with Gasteiger partial charge in [0.25, 0.3) is 5.56 Å². The average molecular weight is 460 g/mol. The van der Waals surface area contributed by atoms with Crippen LogP contribution in [0.5, 0.6) is 0 Å². The first-order valence-corrected chi connectivity index (χ1v) is 12.0. The Kier molecular flexibility index (Phi) is 5.40. The van der Waals surface area contributed by atoms with Gasteiger partial charge in [-0.25, -0.2) is 4.98 Å². The van der Waals surface area contributed by atoms with Crippen LogP contribution < -0.4 is 5.56 Å². The molecular weight excluding hydrogens is 438 g/mol. The van der Waals surface area contributed by atoms with Crippen LogP contribution in [0.4, 0.5) is 0 Å². The van der Waals surface area contributed by atoms with Crippen molar-refractivity contribution in [1.82, 2.24) is 24.7 Å². The summed E-state index contributed by atoms with van der Waals surface area (Å²) in [6.45, 7) is 6.01. The molecular formula is C24H21N5OS2. The quantitative estimate of drug-likeness (QED) is 0.341. The minimum atomic E-state index is -0.120. The predicted octanol–water partition coefficient (Wildman–Crippen LogP) is 5.70. The Morgan fingerprint density at radius 3 is 2.41 bits per heavy atom. The number of hydrogen-bond donors (Lipinski definition) is 1. The number of aryl methyl sites for hydroxylation is 2. The molecule has 0 spiro atoms. The maximum Gasteiger partial charge on any atom is 0.259 e. The third-order valence-electron chi connectivity index (χ3n) is 5.40. The minimum absolute atomic E-state index is 0.0891. The summed E-state index contributed by atoms with van der Waals surface area (Å²) in [7, 11) is 0. The number of nitrogens with one attached hydrogen (secondary N) is 1. The van der Waals surface area contributed by atoms with E-state index in [2.05, 4.69) is 15.2 Å². The summed E-state index contributed by atoms with van der Waals surface area (Å²) >= 11 is 3.08. The van der Waals surface area contributed by atoms with Gasteiger partial charge in [0.1, 0.15) is 10.7 Å². The number of rotatable bonds is 5. The molecule has 0 aliphatic heterocycles. The van der Waals surface area contributed by atoms with Gasteiger partial charge in [0, 0.05) is 16.1 Å². The van der Waals surface area contributed by atoms with Gasteiger partial charge in [-0.15, -0.1) is 21.5 Å². The van der Waals surface area contributed by atoms with E-state index in [9.17, 15) is 4.79 Å². The topological polar surface area (TPSA) is 76.5 Å². The van der Waals surface area contributed by atoms with Crippen molar-refractivity contribution in [2.75, 3.05) is 0 Å². The van der Waals surface area contributed by atoms with Crippen molar-refractivity contribution in [2.45, 2.75) is 31.2 Å². The summed E-state index contributed by atoms with van der Waals surface area (Å²) in [5.74, 6) is 1.41. The van der Waals surface area contributed by atoms with Crippen molar-refractivity contribution in [3.05, 3.63) is 87.3 Å². The number of hydrogen-bond acceptors (Lipinski definition) is 6. The van der Waals surface area contributed by atoms with Crippen molar-refractivity contribution in [3.8, 4) is 17.1 Å². The zero-order chi connectivity index (χ0) is 22.2. The van der Waals surface area contributed by atoms with Crippen molar-refractivity contribution in [3.63, 3.8) is 0 Å². The zero-order valence-corrected chi connectivity index (χ0v) is 19.5. The Morgan fingerprint density at radius 1 is 1.00 bits per heavy atom. The van der Waals surface area contributed by atoms with Gasteiger partial charge in [-0.1, -0.05) is 60.3 Å².